The first-order chi connectivity index (χ1) is 15.1. The zero-order chi connectivity index (χ0) is 23.3. The molecule has 1 aromatic carbocycles. The van der Waals surface area contributed by atoms with Crippen molar-refractivity contribution < 1.29 is 27.5 Å². The average Bonchev–Trinajstić information content (AvgIpc) is 3.42. The van der Waals surface area contributed by atoms with Gasteiger partial charge in [0.2, 0.25) is 11.8 Å². The highest BCUT2D eigenvalue weighted by Gasteiger charge is 2.34. The Bertz CT molecular complexity index is 920. The number of nitrogens with zero attached hydrogens (tertiary/aromatic N) is 1. The van der Waals surface area contributed by atoms with Crippen LogP contribution in [0.3, 0.4) is 0 Å². The first-order valence-corrected chi connectivity index (χ1v) is 11.1. The number of hydrogen-bond acceptors (Lipinski definition) is 5. The molecule has 0 bridgehead atoms. The molecule has 0 spiro atoms. The number of carbonyl (C=O) groups excluding carboxylic acids is 2. The summed E-state index contributed by atoms with van der Waals surface area (Å²) in [6.07, 6.45) is -3.76. The number of hydrogen-bond donors (Lipinski definition) is 2. The summed E-state index contributed by atoms with van der Waals surface area (Å²) in [5, 5.41) is 5.95. The fourth-order valence-electron chi connectivity index (χ4n) is 3.49. The second kappa shape index (κ2) is 10.4. The smallest absolute Gasteiger partial charge is 0.422 e. The van der Waals surface area contributed by atoms with Gasteiger partial charge >= 0.3 is 6.18 Å². The number of benzene rings is 1. The summed E-state index contributed by atoms with van der Waals surface area (Å²) in [5.74, 6) is -0.525. The van der Waals surface area contributed by atoms with Crippen LogP contribution in [0.4, 0.5) is 18.9 Å². The first-order valence-electron chi connectivity index (χ1n) is 10.3. The van der Waals surface area contributed by atoms with Crippen molar-refractivity contribution >= 4 is 28.8 Å². The van der Waals surface area contributed by atoms with Gasteiger partial charge in [0.25, 0.3) is 0 Å². The van der Waals surface area contributed by atoms with Crippen molar-refractivity contribution in [3.8, 4) is 5.06 Å². The lowest BCUT2D eigenvalue weighted by Crippen LogP contribution is -2.42. The molecule has 1 aromatic heterocycles. The van der Waals surface area contributed by atoms with E-state index in [4.69, 9.17) is 4.74 Å². The number of halogens is 3. The molecule has 174 valence electrons. The minimum absolute atomic E-state index is 0.129. The number of carbonyl (C=O) groups is 2. The van der Waals surface area contributed by atoms with Gasteiger partial charge in [-0.15, -0.1) is 11.3 Å². The molecule has 10 heteroatoms. The van der Waals surface area contributed by atoms with Crippen molar-refractivity contribution in [3.63, 3.8) is 0 Å². The Balaban J connectivity index is 1.48. The molecule has 3 atom stereocenters. The van der Waals surface area contributed by atoms with E-state index in [0.29, 0.717) is 24.4 Å². The summed E-state index contributed by atoms with van der Waals surface area (Å²) in [6, 6.07) is 11.6. The molecular weight excluding hydrogens is 443 g/mol. The Morgan fingerprint density at radius 2 is 1.91 bits per heavy atom. The van der Waals surface area contributed by atoms with Crippen LogP contribution in [0.5, 0.6) is 5.06 Å². The number of amides is 2. The molecule has 3 rings (SSSR count). The molecule has 2 N–H and O–H groups in total. The van der Waals surface area contributed by atoms with Crippen molar-refractivity contribution in [2.45, 2.75) is 38.5 Å². The number of ether oxygens (including phenoxy) is 1. The number of thiophene rings is 1. The third kappa shape index (κ3) is 6.70. The fourth-order valence-corrected chi connectivity index (χ4v) is 4.35. The number of nitrogens with one attached hydrogen (secondary N) is 2. The van der Waals surface area contributed by atoms with Crippen LogP contribution in [-0.2, 0) is 9.59 Å². The predicted octanol–water partition coefficient (Wildman–Crippen LogP) is 4.22. The Morgan fingerprint density at radius 3 is 2.59 bits per heavy atom. The molecule has 1 saturated heterocycles. The second-order valence-electron chi connectivity index (χ2n) is 7.80. The number of alkyl halides is 3. The van der Waals surface area contributed by atoms with Crippen LogP contribution in [0, 0.1) is 5.92 Å². The zero-order valence-corrected chi connectivity index (χ0v) is 18.6. The number of para-hydroxylation sites is 1. The van der Waals surface area contributed by atoms with E-state index in [2.05, 4.69) is 10.6 Å². The summed E-state index contributed by atoms with van der Waals surface area (Å²) >= 11 is 1.08. The van der Waals surface area contributed by atoms with Crippen LogP contribution >= 0.6 is 11.3 Å². The summed E-state index contributed by atoms with van der Waals surface area (Å²) in [7, 11) is 0. The molecule has 6 nitrogen and oxygen atoms in total. The van der Waals surface area contributed by atoms with E-state index in [9.17, 15) is 22.8 Å². The molecule has 2 aromatic rings. The Kier molecular flexibility index (Phi) is 7.78. The van der Waals surface area contributed by atoms with Gasteiger partial charge in [0.05, 0.1) is 18.0 Å². The summed E-state index contributed by atoms with van der Waals surface area (Å²) in [4.78, 5) is 27.9. The van der Waals surface area contributed by atoms with Gasteiger partial charge in [-0.2, -0.15) is 13.2 Å². The van der Waals surface area contributed by atoms with E-state index >= 15 is 0 Å². The first kappa shape index (κ1) is 24.1. The maximum absolute atomic E-state index is 12.7. The van der Waals surface area contributed by atoms with Gasteiger partial charge in [-0.05, 0) is 51.1 Å². The third-order valence-electron chi connectivity index (χ3n) is 5.32. The lowest BCUT2D eigenvalue weighted by molar-refractivity contribution is -0.152. The highest BCUT2D eigenvalue weighted by Crippen LogP contribution is 2.31. The molecule has 2 heterocycles. The van der Waals surface area contributed by atoms with E-state index in [-0.39, 0.29) is 34.9 Å². The van der Waals surface area contributed by atoms with Gasteiger partial charge in [0.15, 0.2) is 11.7 Å². The average molecular weight is 470 g/mol. The molecule has 0 saturated carbocycles. The van der Waals surface area contributed by atoms with Crippen LogP contribution in [-0.4, -0.2) is 48.6 Å². The lowest BCUT2D eigenvalue weighted by atomic mass is 10.1. The highest BCUT2D eigenvalue weighted by molar-refractivity contribution is 7.13. The molecule has 0 radical (unpaired) electrons. The monoisotopic (exact) mass is 469 g/mol. The zero-order valence-electron chi connectivity index (χ0n) is 17.8. The largest absolute Gasteiger partial charge is 0.475 e. The standard InChI is InChI=1S/C22H26F3N3O3S/c1-14(18-8-9-19(32-18)31-13-22(23,24)25)26-21(30)16-10-11-28(12-16)15(2)20(29)27-17-6-4-3-5-7-17/h3-9,14-16H,10-13H2,1-2H3,(H,26,30)(H,27,29)/t14-,15?,16-/m1/s1. The molecule has 32 heavy (non-hydrogen) atoms. The molecule has 1 unspecified atom stereocenters. The number of anilines is 1. The topological polar surface area (TPSA) is 70.7 Å². The van der Waals surface area contributed by atoms with Crippen molar-refractivity contribution in [2.75, 3.05) is 25.0 Å². The highest BCUT2D eigenvalue weighted by atomic mass is 32.1. The molecule has 1 aliphatic rings. The molecule has 0 aliphatic carbocycles. The predicted molar refractivity (Wildman–Crippen MR) is 117 cm³/mol. The lowest BCUT2D eigenvalue weighted by Gasteiger charge is -2.23. The van der Waals surface area contributed by atoms with Crippen LogP contribution in [0.25, 0.3) is 0 Å². The Morgan fingerprint density at radius 1 is 1.19 bits per heavy atom. The third-order valence-corrected chi connectivity index (χ3v) is 6.51. The summed E-state index contributed by atoms with van der Waals surface area (Å²) in [6.45, 7) is 3.34. The maximum Gasteiger partial charge on any atom is 0.422 e. The van der Waals surface area contributed by atoms with Crippen molar-refractivity contribution in [3.05, 3.63) is 47.3 Å². The van der Waals surface area contributed by atoms with Crippen molar-refractivity contribution in [1.82, 2.24) is 10.2 Å². The van der Waals surface area contributed by atoms with E-state index in [1.54, 1.807) is 13.0 Å². The minimum atomic E-state index is -4.40. The summed E-state index contributed by atoms with van der Waals surface area (Å²) in [5.41, 5.74) is 0.723. The normalized spacial score (nSPS) is 18.7. The SMILES string of the molecule is CC(C(=O)Nc1ccccc1)N1CC[C@@H](C(=O)N[C@H](C)c2ccc(OCC(F)(F)F)s2)C1. The van der Waals surface area contributed by atoms with Gasteiger partial charge in [-0.1, -0.05) is 18.2 Å². The van der Waals surface area contributed by atoms with Gasteiger partial charge in [-0.3, -0.25) is 14.5 Å². The number of likely N-dealkylation sites (tertiary alicyclic amines) is 1. The van der Waals surface area contributed by atoms with Gasteiger partial charge in [-0.25, -0.2) is 0 Å². The van der Waals surface area contributed by atoms with Gasteiger partial charge in [0.1, 0.15) is 0 Å². The van der Waals surface area contributed by atoms with Gasteiger partial charge in [0, 0.05) is 17.1 Å². The van der Waals surface area contributed by atoms with E-state index in [1.807, 2.05) is 42.2 Å². The van der Waals surface area contributed by atoms with Crippen LogP contribution in [0.15, 0.2) is 42.5 Å². The maximum atomic E-state index is 12.7. The fraction of sp³-hybridized carbons (Fsp3) is 0.455. The Hall–Kier alpha value is -2.59. The quantitative estimate of drug-likeness (QED) is 0.608. The van der Waals surface area contributed by atoms with Crippen molar-refractivity contribution in [1.29, 1.82) is 0 Å². The van der Waals surface area contributed by atoms with Crippen LogP contribution in [0.2, 0.25) is 0 Å². The Labute approximate surface area is 188 Å². The minimum Gasteiger partial charge on any atom is -0.475 e. The molecule has 2 amide bonds. The van der Waals surface area contributed by atoms with Crippen molar-refractivity contribution in [2.24, 2.45) is 5.92 Å². The van der Waals surface area contributed by atoms with E-state index in [1.165, 1.54) is 6.07 Å². The summed E-state index contributed by atoms with van der Waals surface area (Å²) < 4.78 is 41.6. The van der Waals surface area contributed by atoms with Gasteiger partial charge < -0.3 is 15.4 Å². The molecule has 1 fully saturated rings. The molecular formula is C22H26F3N3O3S. The van der Waals surface area contributed by atoms with E-state index in [0.717, 1.165) is 17.0 Å². The van der Waals surface area contributed by atoms with Crippen LogP contribution < -0.4 is 15.4 Å². The number of rotatable bonds is 8. The second-order valence-corrected chi connectivity index (χ2v) is 8.88. The molecule has 1 aliphatic heterocycles. The van der Waals surface area contributed by atoms with E-state index < -0.39 is 12.8 Å². The van der Waals surface area contributed by atoms with Crippen LogP contribution in [0.1, 0.15) is 31.2 Å².